The lowest BCUT2D eigenvalue weighted by atomic mass is 9.89. The standard InChI is InChI=1S/2C9H20O/c1-5-6-7-8(2)9(3,4)10;1-2-3-4-5-6-7-8-9-10/h8,10H,5-7H2,1-4H3;10H,2-9H2,1H3. The second-order valence-corrected chi connectivity index (χ2v) is 6.54. The number of hydrogen-bond acceptors (Lipinski definition) is 2. The average Bonchev–Trinajstić information content (AvgIpc) is 2.39. The van der Waals surface area contributed by atoms with Crippen molar-refractivity contribution < 1.29 is 10.2 Å². The summed E-state index contributed by atoms with van der Waals surface area (Å²) in [5, 5.41) is 18.0. The van der Waals surface area contributed by atoms with Crippen molar-refractivity contribution in [3.05, 3.63) is 0 Å². The Morgan fingerprint density at radius 1 is 0.800 bits per heavy atom. The van der Waals surface area contributed by atoms with Crippen molar-refractivity contribution in [3.63, 3.8) is 0 Å². The van der Waals surface area contributed by atoms with E-state index in [4.69, 9.17) is 5.11 Å². The van der Waals surface area contributed by atoms with Crippen molar-refractivity contribution in [2.75, 3.05) is 6.61 Å². The highest BCUT2D eigenvalue weighted by Gasteiger charge is 2.20. The van der Waals surface area contributed by atoms with Crippen LogP contribution in [0, 0.1) is 5.92 Å². The van der Waals surface area contributed by atoms with Gasteiger partial charge in [-0.05, 0) is 32.6 Å². The number of aliphatic hydroxyl groups is 2. The second-order valence-electron chi connectivity index (χ2n) is 6.54. The van der Waals surface area contributed by atoms with Gasteiger partial charge >= 0.3 is 0 Å². The van der Waals surface area contributed by atoms with Crippen molar-refractivity contribution in [1.29, 1.82) is 0 Å². The largest absolute Gasteiger partial charge is 0.396 e. The van der Waals surface area contributed by atoms with E-state index in [1.54, 1.807) is 0 Å². The Kier molecular flexibility index (Phi) is 17.0. The van der Waals surface area contributed by atoms with Crippen LogP contribution in [-0.2, 0) is 0 Å². The Hall–Kier alpha value is -0.0800. The van der Waals surface area contributed by atoms with Crippen LogP contribution < -0.4 is 0 Å². The van der Waals surface area contributed by atoms with Crippen LogP contribution in [0.2, 0.25) is 0 Å². The van der Waals surface area contributed by atoms with Crippen LogP contribution in [0.1, 0.15) is 98.8 Å². The molecule has 0 aliphatic heterocycles. The Labute approximate surface area is 128 Å². The Balaban J connectivity index is 0. The highest BCUT2D eigenvalue weighted by atomic mass is 16.3. The minimum absolute atomic E-state index is 0.369. The van der Waals surface area contributed by atoms with E-state index in [-0.39, 0.29) is 0 Å². The second kappa shape index (κ2) is 15.3. The molecule has 2 heteroatoms. The molecule has 0 aromatic heterocycles. The summed E-state index contributed by atoms with van der Waals surface area (Å²) in [4.78, 5) is 0. The first-order valence-electron chi connectivity index (χ1n) is 8.73. The summed E-state index contributed by atoms with van der Waals surface area (Å²) >= 11 is 0. The van der Waals surface area contributed by atoms with Crippen LogP contribution >= 0.6 is 0 Å². The maximum atomic E-state index is 9.51. The zero-order chi connectivity index (χ0) is 15.9. The molecule has 0 fully saturated rings. The molecule has 1 unspecified atom stereocenters. The lowest BCUT2D eigenvalue weighted by Crippen LogP contribution is -2.28. The lowest BCUT2D eigenvalue weighted by Gasteiger charge is -2.25. The van der Waals surface area contributed by atoms with Crippen molar-refractivity contribution in [2.24, 2.45) is 5.92 Å². The minimum atomic E-state index is -0.491. The molecule has 0 heterocycles. The fourth-order valence-corrected chi connectivity index (χ4v) is 1.93. The molecule has 0 radical (unpaired) electrons. The molecule has 0 bridgehead atoms. The summed E-state index contributed by atoms with van der Waals surface area (Å²) in [7, 11) is 0. The van der Waals surface area contributed by atoms with Gasteiger partial charge in [0.2, 0.25) is 0 Å². The Morgan fingerprint density at radius 2 is 1.25 bits per heavy atom. The molecule has 0 aliphatic carbocycles. The summed E-state index contributed by atoms with van der Waals surface area (Å²) in [6.45, 7) is 10.6. The van der Waals surface area contributed by atoms with Gasteiger partial charge in [0.1, 0.15) is 0 Å². The molecule has 0 saturated carbocycles. The molecule has 20 heavy (non-hydrogen) atoms. The maximum absolute atomic E-state index is 9.51. The molecule has 2 N–H and O–H groups in total. The van der Waals surface area contributed by atoms with E-state index in [1.807, 2.05) is 13.8 Å². The third kappa shape index (κ3) is 17.9. The summed E-state index contributed by atoms with van der Waals surface area (Å²) in [6, 6.07) is 0. The molecule has 0 aromatic rings. The summed E-state index contributed by atoms with van der Waals surface area (Å²) in [5.74, 6) is 0.424. The first kappa shape index (κ1) is 22.2. The third-order valence-electron chi connectivity index (χ3n) is 3.96. The van der Waals surface area contributed by atoms with E-state index in [2.05, 4.69) is 20.8 Å². The molecule has 0 aliphatic rings. The molecule has 0 saturated heterocycles. The van der Waals surface area contributed by atoms with Gasteiger partial charge in [0.25, 0.3) is 0 Å². The molecule has 0 rings (SSSR count). The predicted molar refractivity (Wildman–Crippen MR) is 90.1 cm³/mol. The fraction of sp³-hybridized carbons (Fsp3) is 1.00. The number of hydrogen-bond donors (Lipinski definition) is 2. The maximum Gasteiger partial charge on any atom is 0.0617 e. The Morgan fingerprint density at radius 3 is 1.65 bits per heavy atom. The summed E-state index contributed by atoms with van der Waals surface area (Å²) in [5.41, 5.74) is -0.491. The van der Waals surface area contributed by atoms with Crippen LogP contribution in [0.3, 0.4) is 0 Å². The van der Waals surface area contributed by atoms with Crippen LogP contribution in [0.15, 0.2) is 0 Å². The van der Waals surface area contributed by atoms with Gasteiger partial charge in [-0.1, -0.05) is 72.1 Å². The first-order valence-corrected chi connectivity index (χ1v) is 8.73. The number of rotatable bonds is 11. The van der Waals surface area contributed by atoms with Crippen molar-refractivity contribution in [2.45, 2.75) is 104 Å². The quantitative estimate of drug-likeness (QED) is 0.506. The first-order chi connectivity index (χ1) is 9.40. The summed E-state index contributed by atoms with van der Waals surface area (Å²) in [6.07, 6.45) is 12.5. The zero-order valence-corrected chi connectivity index (χ0v) is 14.7. The predicted octanol–water partition coefficient (Wildman–Crippen LogP) is 5.31. The van der Waals surface area contributed by atoms with Crippen LogP contribution in [0.5, 0.6) is 0 Å². The van der Waals surface area contributed by atoms with Gasteiger partial charge in [-0.3, -0.25) is 0 Å². The highest BCUT2D eigenvalue weighted by molar-refractivity contribution is 4.72. The lowest BCUT2D eigenvalue weighted by molar-refractivity contribution is 0.0205. The van der Waals surface area contributed by atoms with Crippen molar-refractivity contribution in [3.8, 4) is 0 Å². The molecule has 2 nitrogen and oxygen atoms in total. The van der Waals surface area contributed by atoms with Gasteiger partial charge in [0, 0.05) is 6.61 Å². The molecular weight excluding hydrogens is 248 g/mol. The Bertz CT molecular complexity index is 165. The topological polar surface area (TPSA) is 40.5 Å². The van der Waals surface area contributed by atoms with Gasteiger partial charge in [-0.2, -0.15) is 0 Å². The van der Waals surface area contributed by atoms with E-state index in [1.165, 1.54) is 51.4 Å². The van der Waals surface area contributed by atoms with Crippen LogP contribution in [0.4, 0.5) is 0 Å². The zero-order valence-electron chi connectivity index (χ0n) is 14.7. The minimum Gasteiger partial charge on any atom is -0.396 e. The molecule has 124 valence electrons. The van der Waals surface area contributed by atoms with Gasteiger partial charge in [-0.15, -0.1) is 0 Å². The molecule has 0 amide bonds. The molecule has 0 aromatic carbocycles. The van der Waals surface area contributed by atoms with Gasteiger partial charge in [0.05, 0.1) is 5.60 Å². The van der Waals surface area contributed by atoms with E-state index in [0.717, 1.165) is 12.8 Å². The fourth-order valence-electron chi connectivity index (χ4n) is 1.93. The van der Waals surface area contributed by atoms with Crippen molar-refractivity contribution >= 4 is 0 Å². The van der Waals surface area contributed by atoms with Gasteiger partial charge in [0.15, 0.2) is 0 Å². The molecular formula is C18H40O2. The third-order valence-corrected chi connectivity index (χ3v) is 3.96. The highest BCUT2D eigenvalue weighted by Crippen LogP contribution is 2.20. The smallest absolute Gasteiger partial charge is 0.0617 e. The SMILES string of the molecule is CCCCC(C)C(C)(C)O.CCCCCCCCCO. The monoisotopic (exact) mass is 288 g/mol. The number of unbranched alkanes of at least 4 members (excludes halogenated alkanes) is 7. The normalized spacial score (nSPS) is 12.8. The van der Waals surface area contributed by atoms with Crippen molar-refractivity contribution in [1.82, 2.24) is 0 Å². The van der Waals surface area contributed by atoms with Crippen LogP contribution in [0.25, 0.3) is 0 Å². The van der Waals surface area contributed by atoms with Crippen LogP contribution in [-0.4, -0.2) is 22.4 Å². The van der Waals surface area contributed by atoms with E-state index in [9.17, 15) is 5.11 Å². The van der Waals surface area contributed by atoms with E-state index >= 15 is 0 Å². The van der Waals surface area contributed by atoms with E-state index < -0.39 is 5.60 Å². The van der Waals surface area contributed by atoms with Gasteiger partial charge in [-0.25, -0.2) is 0 Å². The number of aliphatic hydroxyl groups excluding tert-OH is 1. The molecule has 1 atom stereocenters. The van der Waals surface area contributed by atoms with E-state index in [0.29, 0.717) is 12.5 Å². The van der Waals surface area contributed by atoms with Gasteiger partial charge < -0.3 is 10.2 Å². The summed E-state index contributed by atoms with van der Waals surface area (Å²) < 4.78 is 0. The average molecular weight is 289 g/mol. The molecule has 0 spiro atoms.